The Morgan fingerprint density at radius 3 is 2.50 bits per heavy atom. The molecule has 0 saturated heterocycles. The molecule has 1 aliphatic carbocycles. The van der Waals surface area contributed by atoms with Crippen molar-refractivity contribution in [2.24, 2.45) is 16.0 Å². The Bertz CT molecular complexity index is 1240. The largest absolute Gasteiger partial charge is 0.318 e. The van der Waals surface area contributed by atoms with Gasteiger partial charge in [0.15, 0.2) is 5.84 Å². The van der Waals surface area contributed by atoms with Crippen molar-refractivity contribution < 1.29 is 4.79 Å². The van der Waals surface area contributed by atoms with E-state index in [-0.39, 0.29) is 17.3 Å². The van der Waals surface area contributed by atoms with Crippen molar-refractivity contribution in [2.75, 3.05) is 0 Å². The van der Waals surface area contributed by atoms with Gasteiger partial charge in [0.1, 0.15) is 5.04 Å². The molecule has 3 aliphatic rings. The molecule has 1 aromatic carbocycles. The zero-order valence-corrected chi connectivity index (χ0v) is 21.1. The molecule has 1 fully saturated rings. The number of rotatable bonds is 4. The SMILES string of the molecule is Cc1cc(/C=C2/C(=N)N3N=C(C4CCCCC4)SC3=NC2=O)c(C)n1-c1ccc(C(C)C)cc1. The summed E-state index contributed by atoms with van der Waals surface area (Å²) in [5.74, 6) is 0.651. The lowest BCUT2D eigenvalue weighted by atomic mass is 9.90. The summed E-state index contributed by atoms with van der Waals surface area (Å²) >= 11 is 1.46. The maximum Gasteiger partial charge on any atom is 0.283 e. The van der Waals surface area contributed by atoms with Crippen LogP contribution in [0.1, 0.15) is 74.4 Å². The van der Waals surface area contributed by atoms with Gasteiger partial charge in [-0.3, -0.25) is 10.2 Å². The minimum Gasteiger partial charge on any atom is -0.318 e. The average molecular weight is 474 g/mol. The van der Waals surface area contributed by atoms with Crippen LogP contribution in [-0.2, 0) is 4.79 Å². The number of nitrogens with zero attached hydrogens (tertiary/aromatic N) is 4. The number of aromatic nitrogens is 1. The molecule has 34 heavy (non-hydrogen) atoms. The molecule has 5 rings (SSSR count). The van der Waals surface area contributed by atoms with Gasteiger partial charge in [0.25, 0.3) is 5.91 Å². The molecular formula is C27H31N5OS. The number of aryl methyl sites for hydroxylation is 1. The number of carbonyl (C=O) groups excluding carboxylic acids is 1. The molecule has 1 saturated carbocycles. The summed E-state index contributed by atoms with van der Waals surface area (Å²) in [5.41, 5.74) is 5.70. The van der Waals surface area contributed by atoms with Crippen LogP contribution in [0.25, 0.3) is 11.8 Å². The predicted octanol–water partition coefficient (Wildman–Crippen LogP) is 6.42. The molecule has 2 aromatic rings. The van der Waals surface area contributed by atoms with Gasteiger partial charge in [0, 0.05) is 23.0 Å². The van der Waals surface area contributed by atoms with Crippen LogP contribution in [0.3, 0.4) is 0 Å². The van der Waals surface area contributed by atoms with Gasteiger partial charge in [0.05, 0.1) is 5.57 Å². The Hall–Kier alpha value is -2.93. The summed E-state index contributed by atoms with van der Waals surface area (Å²) in [5, 5.41) is 16.5. The van der Waals surface area contributed by atoms with E-state index in [0.29, 0.717) is 17.0 Å². The fourth-order valence-electron chi connectivity index (χ4n) is 5.02. The van der Waals surface area contributed by atoms with Gasteiger partial charge in [0.2, 0.25) is 5.17 Å². The van der Waals surface area contributed by atoms with E-state index in [1.54, 1.807) is 11.1 Å². The van der Waals surface area contributed by atoms with E-state index >= 15 is 0 Å². The molecule has 3 heterocycles. The zero-order chi connectivity index (χ0) is 24.0. The van der Waals surface area contributed by atoms with Crippen LogP contribution >= 0.6 is 11.8 Å². The lowest BCUT2D eigenvalue weighted by Crippen LogP contribution is -2.35. The number of carbonyl (C=O) groups is 1. The first-order valence-electron chi connectivity index (χ1n) is 12.1. The second-order valence-electron chi connectivity index (χ2n) is 9.70. The molecule has 1 N–H and O–H groups in total. The average Bonchev–Trinajstić information content (AvgIpc) is 3.37. The number of hydrogen-bond acceptors (Lipinski definition) is 4. The first kappa shape index (κ1) is 22.8. The highest BCUT2D eigenvalue weighted by atomic mass is 32.2. The van der Waals surface area contributed by atoms with Crippen molar-refractivity contribution in [3.8, 4) is 5.69 Å². The van der Waals surface area contributed by atoms with Crippen molar-refractivity contribution in [3.05, 3.63) is 58.4 Å². The predicted molar refractivity (Wildman–Crippen MR) is 141 cm³/mol. The lowest BCUT2D eigenvalue weighted by molar-refractivity contribution is -0.114. The molecule has 176 valence electrons. The molecule has 2 aliphatic heterocycles. The number of benzene rings is 1. The first-order valence-corrected chi connectivity index (χ1v) is 12.9. The monoisotopic (exact) mass is 473 g/mol. The molecule has 1 aromatic heterocycles. The molecule has 7 heteroatoms. The van der Waals surface area contributed by atoms with Crippen molar-refractivity contribution in [1.29, 1.82) is 5.41 Å². The van der Waals surface area contributed by atoms with Gasteiger partial charge in [-0.25, -0.2) is 0 Å². The van der Waals surface area contributed by atoms with E-state index < -0.39 is 0 Å². The minimum absolute atomic E-state index is 0.111. The van der Waals surface area contributed by atoms with Gasteiger partial charge >= 0.3 is 0 Å². The Labute approximate surface area is 205 Å². The molecule has 6 nitrogen and oxygen atoms in total. The van der Waals surface area contributed by atoms with Crippen molar-refractivity contribution in [1.82, 2.24) is 9.58 Å². The fourth-order valence-corrected chi connectivity index (χ4v) is 6.08. The summed E-state index contributed by atoms with van der Waals surface area (Å²) < 4.78 is 2.19. The number of hydrazone groups is 1. The van der Waals surface area contributed by atoms with Crippen LogP contribution in [0.2, 0.25) is 0 Å². The molecule has 0 radical (unpaired) electrons. The molecule has 1 amide bonds. The van der Waals surface area contributed by atoms with Crippen LogP contribution in [-0.4, -0.2) is 31.5 Å². The fraction of sp³-hybridized carbons (Fsp3) is 0.407. The number of hydrogen-bond donors (Lipinski definition) is 1. The van der Waals surface area contributed by atoms with Crippen molar-refractivity contribution >= 4 is 39.8 Å². The number of amides is 1. The molecule has 0 unspecified atom stereocenters. The summed E-state index contributed by atoms with van der Waals surface area (Å²) in [6.07, 6.45) is 7.76. The topological polar surface area (TPSA) is 73.8 Å². The Balaban J connectivity index is 1.45. The second-order valence-corrected chi connectivity index (χ2v) is 10.7. The maximum atomic E-state index is 12.9. The Kier molecular flexibility index (Phi) is 6.06. The van der Waals surface area contributed by atoms with Gasteiger partial charge < -0.3 is 4.57 Å². The highest BCUT2D eigenvalue weighted by Gasteiger charge is 2.38. The Morgan fingerprint density at radius 1 is 1.12 bits per heavy atom. The van der Waals surface area contributed by atoms with Gasteiger partial charge in [-0.1, -0.05) is 45.2 Å². The standard InChI is InChI=1S/C27H31N5OS/c1-16(2)19-10-12-22(13-11-19)31-17(3)14-21(18(31)4)15-23-24(28)32-27(29-25(23)33)34-26(30-32)20-8-6-5-7-9-20/h10-16,20,28H,5-9H2,1-4H3/b23-15-,28-24?. The highest BCUT2D eigenvalue weighted by molar-refractivity contribution is 8.27. The number of thioether (sulfide) groups is 1. The minimum atomic E-state index is -0.366. The zero-order valence-electron chi connectivity index (χ0n) is 20.3. The van der Waals surface area contributed by atoms with Gasteiger partial charge in [-0.2, -0.15) is 15.1 Å². The number of nitrogens with one attached hydrogen (secondary N) is 1. The second kappa shape index (κ2) is 9.02. The summed E-state index contributed by atoms with van der Waals surface area (Å²) in [7, 11) is 0. The number of aliphatic imine (C=N–C) groups is 1. The number of fused-ring (bicyclic) bond motifs is 1. The maximum absolute atomic E-state index is 12.9. The van der Waals surface area contributed by atoms with Crippen molar-refractivity contribution in [3.63, 3.8) is 0 Å². The third-order valence-corrected chi connectivity index (χ3v) is 8.08. The molecule has 0 spiro atoms. The van der Waals surface area contributed by atoms with Crippen molar-refractivity contribution in [2.45, 2.75) is 65.7 Å². The van der Waals surface area contributed by atoms with E-state index in [2.05, 4.69) is 60.7 Å². The van der Waals surface area contributed by atoms with Crippen LogP contribution in [0, 0.1) is 25.2 Å². The quantitative estimate of drug-likeness (QED) is 0.521. The van der Waals surface area contributed by atoms with E-state index in [0.717, 1.165) is 40.5 Å². The summed E-state index contributed by atoms with van der Waals surface area (Å²) in [6.45, 7) is 8.49. The number of amidine groups is 2. The first-order chi connectivity index (χ1) is 16.3. The van der Waals surface area contributed by atoms with Gasteiger partial charge in [-0.15, -0.1) is 0 Å². The van der Waals surface area contributed by atoms with Gasteiger partial charge in [-0.05, 0) is 79.8 Å². The smallest absolute Gasteiger partial charge is 0.283 e. The van der Waals surface area contributed by atoms with E-state index in [1.807, 2.05) is 6.92 Å². The molecule has 0 bridgehead atoms. The summed E-state index contributed by atoms with van der Waals surface area (Å²) in [4.78, 5) is 17.2. The molecule has 0 atom stereocenters. The molecular weight excluding hydrogens is 442 g/mol. The van der Waals surface area contributed by atoms with Crippen LogP contribution in [0.4, 0.5) is 0 Å². The normalized spacial score (nSPS) is 20.3. The third kappa shape index (κ3) is 4.06. The van der Waals surface area contributed by atoms with E-state index in [4.69, 9.17) is 10.5 Å². The van der Waals surface area contributed by atoms with E-state index in [1.165, 1.54) is 36.6 Å². The van der Waals surface area contributed by atoms with Crippen LogP contribution in [0.5, 0.6) is 0 Å². The van der Waals surface area contributed by atoms with Crippen LogP contribution in [0.15, 0.2) is 46.0 Å². The summed E-state index contributed by atoms with van der Waals surface area (Å²) in [6, 6.07) is 10.7. The van der Waals surface area contributed by atoms with E-state index in [9.17, 15) is 4.79 Å². The highest BCUT2D eigenvalue weighted by Crippen LogP contribution is 2.36. The Morgan fingerprint density at radius 2 is 1.82 bits per heavy atom. The van der Waals surface area contributed by atoms with Crippen LogP contribution < -0.4 is 0 Å². The lowest BCUT2D eigenvalue weighted by Gasteiger charge is -2.20. The third-order valence-electron chi connectivity index (χ3n) is 7.01.